The topological polar surface area (TPSA) is 103 Å². The van der Waals surface area contributed by atoms with Crippen molar-refractivity contribution in [3.05, 3.63) is 47.8 Å². The zero-order valence-electron chi connectivity index (χ0n) is 18.7. The van der Waals surface area contributed by atoms with Gasteiger partial charge in [-0.2, -0.15) is 4.98 Å². The van der Waals surface area contributed by atoms with E-state index in [9.17, 15) is 8.42 Å². The number of likely N-dealkylation sites (N-methyl/N-ethyl adjacent to an activating group) is 1. The lowest BCUT2D eigenvalue weighted by molar-refractivity contribution is 0.311. The molecule has 2 N–H and O–H groups in total. The van der Waals surface area contributed by atoms with Crippen LogP contribution in [0.1, 0.15) is 11.3 Å². The van der Waals surface area contributed by atoms with Crippen molar-refractivity contribution >= 4 is 38.4 Å². The van der Waals surface area contributed by atoms with Crippen LogP contribution in [0.2, 0.25) is 0 Å². The van der Waals surface area contributed by atoms with Gasteiger partial charge in [-0.15, -0.1) is 0 Å². The molecule has 2 aromatic heterocycles. The van der Waals surface area contributed by atoms with Crippen LogP contribution in [-0.4, -0.2) is 73.8 Å². The van der Waals surface area contributed by atoms with Gasteiger partial charge in [0.05, 0.1) is 17.5 Å². The summed E-state index contributed by atoms with van der Waals surface area (Å²) < 4.78 is 27.7. The predicted octanol–water partition coefficient (Wildman–Crippen LogP) is 2.25. The third kappa shape index (κ3) is 5.43. The highest BCUT2D eigenvalue weighted by molar-refractivity contribution is 7.92. The minimum absolute atomic E-state index is 0.0831. The maximum atomic E-state index is 12.5. The van der Waals surface area contributed by atoms with Crippen LogP contribution in [0, 0.1) is 13.8 Å². The van der Waals surface area contributed by atoms with E-state index >= 15 is 0 Å². The molecule has 32 heavy (non-hydrogen) atoms. The normalized spacial score (nSPS) is 15.2. The highest BCUT2D eigenvalue weighted by Crippen LogP contribution is 2.24. The van der Waals surface area contributed by atoms with E-state index in [1.54, 1.807) is 18.3 Å². The van der Waals surface area contributed by atoms with E-state index in [2.05, 4.69) is 31.9 Å². The number of piperazine rings is 1. The quantitative estimate of drug-likeness (QED) is 0.559. The SMILES string of the molecule is Cc1ccc(NS(=O)(=O)CCNc2nc(N3CCN(C)CC3)nc3cnc(C)cc23)cc1. The van der Waals surface area contributed by atoms with Gasteiger partial charge in [0.1, 0.15) is 5.82 Å². The van der Waals surface area contributed by atoms with Gasteiger partial charge >= 0.3 is 0 Å². The Morgan fingerprint density at radius 3 is 2.47 bits per heavy atom. The molecule has 3 aromatic rings. The average Bonchev–Trinajstić information content (AvgIpc) is 2.75. The number of aryl methyl sites for hydroxylation is 2. The number of anilines is 3. The molecular formula is C22H29N7O2S. The molecule has 1 aliphatic rings. The van der Waals surface area contributed by atoms with Gasteiger partial charge in [0.2, 0.25) is 16.0 Å². The van der Waals surface area contributed by atoms with Gasteiger partial charge in [0, 0.05) is 49.5 Å². The largest absolute Gasteiger partial charge is 0.368 e. The number of sulfonamides is 1. The standard InChI is InChI=1S/C22H29N7O2S/c1-16-4-6-18(7-5-16)27-32(30,31)13-8-23-21-19-14-17(2)24-15-20(19)25-22(26-21)29-11-9-28(3)10-12-29/h4-7,14-15,27H,8-13H2,1-3H3,(H,23,25,26). The van der Waals surface area contributed by atoms with Crippen LogP contribution in [0.5, 0.6) is 0 Å². The minimum Gasteiger partial charge on any atom is -0.368 e. The Bertz CT molecular complexity index is 1190. The van der Waals surface area contributed by atoms with Gasteiger partial charge in [-0.1, -0.05) is 17.7 Å². The first-order valence-corrected chi connectivity index (χ1v) is 12.3. The Morgan fingerprint density at radius 1 is 1.03 bits per heavy atom. The number of benzene rings is 1. The molecule has 170 valence electrons. The van der Waals surface area contributed by atoms with Crippen molar-refractivity contribution in [1.29, 1.82) is 0 Å². The van der Waals surface area contributed by atoms with Gasteiger partial charge in [-0.3, -0.25) is 9.71 Å². The van der Waals surface area contributed by atoms with E-state index in [0.717, 1.165) is 48.3 Å². The summed E-state index contributed by atoms with van der Waals surface area (Å²) in [4.78, 5) is 18.2. The Hall–Kier alpha value is -2.98. The van der Waals surface area contributed by atoms with Gasteiger partial charge in [0.25, 0.3) is 0 Å². The summed E-state index contributed by atoms with van der Waals surface area (Å²) in [5.74, 6) is 1.18. The summed E-state index contributed by atoms with van der Waals surface area (Å²) in [5, 5.41) is 4.05. The number of hydrogen-bond acceptors (Lipinski definition) is 8. The number of aromatic nitrogens is 3. The molecule has 0 bridgehead atoms. The molecule has 3 heterocycles. The molecular weight excluding hydrogens is 426 g/mol. The van der Waals surface area contributed by atoms with Crippen molar-refractivity contribution in [1.82, 2.24) is 19.9 Å². The van der Waals surface area contributed by atoms with Crippen LogP contribution in [0.25, 0.3) is 10.9 Å². The van der Waals surface area contributed by atoms with Crippen molar-refractivity contribution in [2.45, 2.75) is 13.8 Å². The fourth-order valence-electron chi connectivity index (χ4n) is 3.56. The van der Waals surface area contributed by atoms with E-state index < -0.39 is 10.0 Å². The third-order valence-electron chi connectivity index (χ3n) is 5.48. The third-order valence-corrected chi connectivity index (χ3v) is 6.77. The molecule has 1 fully saturated rings. The second-order valence-corrected chi connectivity index (χ2v) is 10.1. The second kappa shape index (κ2) is 9.25. The molecule has 10 heteroatoms. The lowest BCUT2D eigenvalue weighted by Gasteiger charge is -2.32. The summed E-state index contributed by atoms with van der Waals surface area (Å²) in [6, 6.07) is 9.19. The molecule has 0 saturated carbocycles. The molecule has 1 aliphatic heterocycles. The average molecular weight is 456 g/mol. The summed E-state index contributed by atoms with van der Waals surface area (Å²) in [6.45, 7) is 7.66. The van der Waals surface area contributed by atoms with Gasteiger partial charge in [0.15, 0.2) is 0 Å². The maximum Gasteiger partial charge on any atom is 0.234 e. The Balaban J connectivity index is 1.51. The molecule has 0 aliphatic carbocycles. The fourth-order valence-corrected chi connectivity index (χ4v) is 4.53. The molecule has 0 radical (unpaired) electrons. The second-order valence-electron chi connectivity index (χ2n) is 8.22. The van der Waals surface area contributed by atoms with Gasteiger partial charge < -0.3 is 15.1 Å². The Morgan fingerprint density at radius 2 is 1.75 bits per heavy atom. The summed E-state index contributed by atoms with van der Waals surface area (Å²) in [6.07, 6.45) is 1.74. The van der Waals surface area contributed by atoms with Crippen LogP contribution in [0.4, 0.5) is 17.5 Å². The smallest absolute Gasteiger partial charge is 0.234 e. The first-order valence-electron chi connectivity index (χ1n) is 10.7. The van der Waals surface area contributed by atoms with Gasteiger partial charge in [-0.25, -0.2) is 13.4 Å². The molecule has 0 atom stereocenters. The van der Waals surface area contributed by atoms with E-state index in [1.165, 1.54) is 0 Å². The highest BCUT2D eigenvalue weighted by atomic mass is 32.2. The molecule has 4 rings (SSSR count). The highest BCUT2D eigenvalue weighted by Gasteiger charge is 2.19. The molecule has 0 unspecified atom stereocenters. The molecule has 9 nitrogen and oxygen atoms in total. The zero-order valence-corrected chi connectivity index (χ0v) is 19.5. The Labute approximate surface area is 188 Å². The number of hydrogen-bond donors (Lipinski definition) is 2. The number of fused-ring (bicyclic) bond motifs is 1. The number of nitrogens with one attached hydrogen (secondary N) is 2. The lowest BCUT2D eigenvalue weighted by atomic mass is 10.2. The van der Waals surface area contributed by atoms with Crippen LogP contribution in [-0.2, 0) is 10.0 Å². The molecule has 1 aromatic carbocycles. The first-order chi connectivity index (χ1) is 15.3. The van der Waals surface area contributed by atoms with Crippen LogP contribution in [0.15, 0.2) is 36.5 Å². The predicted molar refractivity (Wildman–Crippen MR) is 129 cm³/mol. The number of pyridine rings is 1. The van der Waals surface area contributed by atoms with Crippen LogP contribution in [0.3, 0.4) is 0 Å². The van der Waals surface area contributed by atoms with Crippen LogP contribution < -0.4 is 14.9 Å². The summed E-state index contributed by atoms with van der Waals surface area (Å²) in [5.41, 5.74) is 3.22. The van der Waals surface area contributed by atoms with E-state index in [4.69, 9.17) is 9.97 Å². The van der Waals surface area contributed by atoms with E-state index in [1.807, 2.05) is 32.0 Å². The van der Waals surface area contributed by atoms with Crippen molar-refractivity contribution in [2.24, 2.45) is 0 Å². The lowest BCUT2D eigenvalue weighted by Crippen LogP contribution is -2.45. The van der Waals surface area contributed by atoms with Crippen molar-refractivity contribution < 1.29 is 8.42 Å². The van der Waals surface area contributed by atoms with Crippen molar-refractivity contribution in [3.63, 3.8) is 0 Å². The number of nitrogens with zero attached hydrogens (tertiary/aromatic N) is 5. The fraction of sp³-hybridized carbons (Fsp3) is 0.409. The Kier molecular flexibility index (Phi) is 6.43. The molecule has 0 amide bonds. The summed E-state index contributed by atoms with van der Waals surface area (Å²) in [7, 11) is -1.40. The summed E-state index contributed by atoms with van der Waals surface area (Å²) >= 11 is 0. The molecule has 1 saturated heterocycles. The van der Waals surface area contributed by atoms with Crippen molar-refractivity contribution in [2.75, 3.05) is 60.5 Å². The molecule has 0 spiro atoms. The monoisotopic (exact) mass is 455 g/mol. The first kappa shape index (κ1) is 22.2. The van der Waals surface area contributed by atoms with Crippen LogP contribution >= 0.6 is 0 Å². The number of rotatable bonds is 7. The van der Waals surface area contributed by atoms with E-state index in [0.29, 0.717) is 17.5 Å². The zero-order chi connectivity index (χ0) is 22.7. The van der Waals surface area contributed by atoms with Crippen molar-refractivity contribution in [3.8, 4) is 0 Å². The maximum absolute atomic E-state index is 12.5. The van der Waals surface area contributed by atoms with Gasteiger partial charge in [-0.05, 0) is 39.1 Å². The minimum atomic E-state index is -3.50. The van der Waals surface area contributed by atoms with E-state index in [-0.39, 0.29) is 12.3 Å².